The van der Waals surface area contributed by atoms with Crippen LogP contribution < -0.4 is 10.1 Å². The molecule has 2 aromatic rings. The molecule has 6 nitrogen and oxygen atoms in total. The Balaban J connectivity index is 1.63. The highest BCUT2D eigenvalue weighted by molar-refractivity contribution is 5.82. The number of aryl methyl sites for hydroxylation is 1. The molecule has 4 rings (SSSR count). The minimum Gasteiger partial charge on any atom is -0.481 e. The van der Waals surface area contributed by atoms with Gasteiger partial charge >= 0.3 is 0 Å². The van der Waals surface area contributed by atoms with E-state index in [-0.39, 0.29) is 23.8 Å². The Hall–Kier alpha value is -2.86. The molecule has 1 N–H and O–H groups in total. The van der Waals surface area contributed by atoms with Crippen molar-refractivity contribution in [1.29, 1.82) is 0 Å². The Bertz CT molecular complexity index is 1000. The number of rotatable bonds is 9. The predicted molar refractivity (Wildman–Crippen MR) is 127 cm³/mol. The average Bonchev–Trinajstić information content (AvgIpc) is 3.67. The van der Waals surface area contributed by atoms with E-state index in [1.54, 1.807) is 7.11 Å². The average molecular weight is 451 g/mol. The van der Waals surface area contributed by atoms with Crippen LogP contribution in [0.3, 0.4) is 0 Å². The molecule has 1 saturated carbocycles. The van der Waals surface area contributed by atoms with Gasteiger partial charge in [-0.05, 0) is 61.4 Å². The number of ether oxygens (including phenoxy) is 2. The lowest BCUT2D eigenvalue weighted by molar-refractivity contribution is -0.134. The van der Waals surface area contributed by atoms with Gasteiger partial charge in [0.25, 0.3) is 5.91 Å². The molecule has 6 heteroatoms. The monoisotopic (exact) mass is 450 g/mol. The maximum atomic E-state index is 13.2. The SMILES string of the molecule is CC[C@H](Oc1ccc2c(c1)[C@@H](c1cccc(C)c1)N(C(=O)C1CC1)CC2)C(=O)NCCOC. The lowest BCUT2D eigenvalue weighted by atomic mass is 9.87. The van der Waals surface area contributed by atoms with Crippen LogP contribution in [0.15, 0.2) is 42.5 Å². The lowest BCUT2D eigenvalue weighted by Crippen LogP contribution is -2.41. The third-order valence-electron chi connectivity index (χ3n) is 6.46. The molecule has 1 heterocycles. The predicted octanol–water partition coefficient (Wildman–Crippen LogP) is 3.80. The van der Waals surface area contributed by atoms with Crippen molar-refractivity contribution in [3.8, 4) is 5.75 Å². The zero-order chi connectivity index (χ0) is 23.4. The summed E-state index contributed by atoms with van der Waals surface area (Å²) in [5.74, 6) is 0.926. The summed E-state index contributed by atoms with van der Waals surface area (Å²) in [5.41, 5.74) is 4.61. The normalized spacial score (nSPS) is 18.4. The first-order valence-corrected chi connectivity index (χ1v) is 11.9. The first-order valence-electron chi connectivity index (χ1n) is 11.9. The second-order valence-electron chi connectivity index (χ2n) is 9.03. The Morgan fingerprint density at radius 3 is 2.70 bits per heavy atom. The minimum atomic E-state index is -0.579. The van der Waals surface area contributed by atoms with Gasteiger partial charge < -0.3 is 19.7 Å². The van der Waals surface area contributed by atoms with Crippen molar-refractivity contribution in [2.24, 2.45) is 5.92 Å². The van der Waals surface area contributed by atoms with Crippen molar-refractivity contribution in [2.45, 2.75) is 51.7 Å². The van der Waals surface area contributed by atoms with Crippen LogP contribution in [0.2, 0.25) is 0 Å². The molecule has 33 heavy (non-hydrogen) atoms. The van der Waals surface area contributed by atoms with Crippen LogP contribution in [-0.4, -0.2) is 49.6 Å². The lowest BCUT2D eigenvalue weighted by Gasteiger charge is -2.38. The largest absolute Gasteiger partial charge is 0.481 e. The van der Waals surface area contributed by atoms with Crippen LogP contribution in [0.5, 0.6) is 5.75 Å². The molecule has 1 fully saturated rings. The van der Waals surface area contributed by atoms with E-state index in [1.165, 1.54) is 11.1 Å². The first-order chi connectivity index (χ1) is 16.0. The first kappa shape index (κ1) is 23.3. The molecule has 0 unspecified atom stereocenters. The molecular formula is C27H34N2O4. The van der Waals surface area contributed by atoms with Gasteiger partial charge in [0.05, 0.1) is 12.6 Å². The second-order valence-corrected chi connectivity index (χ2v) is 9.03. The Morgan fingerprint density at radius 2 is 2.00 bits per heavy atom. The van der Waals surface area contributed by atoms with Gasteiger partial charge in [0, 0.05) is 26.1 Å². The maximum absolute atomic E-state index is 13.2. The van der Waals surface area contributed by atoms with E-state index in [0.717, 1.165) is 36.9 Å². The molecule has 176 valence electrons. The summed E-state index contributed by atoms with van der Waals surface area (Å²) in [6, 6.07) is 14.3. The van der Waals surface area contributed by atoms with Crippen LogP contribution in [-0.2, 0) is 20.7 Å². The number of hydrogen-bond acceptors (Lipinski definition) is 4. The zero-order valence-corrected chi connectivity index (χ0v) is 19.8. The van der Waals surface area contributed by atoms with Crippen molar-refractivity contribution in [1.82, 2.24) is 10.2 Å². The van der Waals surface area contributed by atoms with E-state index in [1.807, 2.05) is 24.0 Å². The highest BCUT2D eigenvalue weighted by Gasteiger charge is 2.39. The van der Waals surface area contributed by atoms with Crippen LogP contribution >= 0.6 is 0 Å². The smallest absolute Gasteiger partial charge is 0.261 e. The Labute approximate surface area is 196 Å². The quantitative estimate of drug-likeness (QED) is 0.590. The van der Waals surface area contributed by atoms with E-state index in [0.29, 0.717) is 25.3 Å². The highest BCUT2D eigenvalue weighted by atomic mass is 16.5. The standard InChI is InChI=1S/C27H34N2O4/c1-4-24(26(30)28-13-15-32-3)33-22-11-10-19-12-14-29(27(31)20-8-9-20)25(23(19)17-22)21-7-5-6-18(2)16-21/h5-7,10-11,16-17,20,24-25H,4,8-9,12-15H2,1-3H3,(H,28,30)/t24-,25+/m0/s1. The van der Waals surface area contributed by atoms with Crippen LogP contribution in [0.25, 0.3) is 0 Å². The van der Waals surface area contributed by atoms with E-state index >= 15 is 0 Å². The number of fused-ring (bicyclic) bond motifs is 1. The number of carbonyl (C=O) groups is 2. The fourth-order valence-corrected chi connectivity index (χ4v) is 4.55. The Morgan fingerprint density at radius 1 is 1.18 bits per heavy atom. The van der Waals surface area contributed by atoms with Gasteiger partial charge in [0.15, 0.2) is 6.10 Å². The van der Waals surface area contributed by atoms with E-state index in [9.17, 15) is 9.59 Å². The zero-order valence-electron chi connectivity index (χ0n) is 19.8. The van der Waals surface area contributed by atoms with Gasteiger partial charge in [-0.15, -0.1) is 0 Å². The molecule has 0 radical (unpaired) electrons. The molecule has 0 saturated heterocycles. The highest BCUT2D eigenvalue weighted by Crippen LogP contribution is 2.41. The van der Waals surface area contributed by atoms with Crippen LogP contribution in [0.1, 0.15) is 54.5 Å². The van der Waals surface area contributed by atoms with E-state index in [4.69, 9.17) is 9.47 Å². The summed E-state index contributed by atoms with van der Waals surface area (Å²) in [6.45, 7) is 5.65. The second kappa shape index (κ2) is 10.4. The molecule has 1 aliphatic heterocycles. The van der Waals surface area contributed by atoms with Gasteiger partial charge in [0.2, 0.25) is 5.91 Å². The molecule has 2 amide bonds. The van der Waals surface area contributed by atoms with Crippen molar-refractivity contribution in [2.75, 3.05) is 26.8 Å². The molecule has 1 aliphatic carbocycles. The van der Waals surface area contributed by atoms with Crippen LogP contribution in [0.4, 0.5) is 0 Å². The number of nitrogens with one attached hydrogen (secondary N) is 1. The third kappa shape index (κ3) is 5.38. The fraction of sp³-hybridized carbons (Fsp3) is 0.481. The van der Waals surface area contributed by atoms with Crippen molar-refractivity contribution in [3.05, 3.63) is 64.7 Å². The minimum absolute atomic E-state index is 0.138. The topological polar surface area (TPSA) is 67.9 Å². The molecule has 0 spiro atoms. The number of methoxy groups -OCH3 is 1. The van der Waals surface area contributed by atoms with Gasteiger partial charge in [-0.1, -0.05) is 42.8 Å². The number of nitrogens with zero attached hydrogens (tertiary/aromatic N) is 1. The molecule has 2 atom stereocenters. The van der Waals surface area contributed by atoms with Gasteiger partial charge in [0.1, 0.15) is 5.75 Å². The summed E-state index contributed by atoms with van der Waals surface area (Å²) in [5, 5.41) is 2.86. The summed E-state index contributed by atoms with van der Waals surface area (Å²) >= 11 is 0. The maximum Gasteiger partial charge on any atom is 0.261 e. The molecule has 0 aromatic heterocycles. The van der Waals surface area contributed by atoms with E-state index in [2.05, 4.69) is 42.6 Å². The number of carbonyl (C=O) groups excluding carboxylic acids is 2. The van der Waals surface area contributed by atoms with Crippen molar-refractivity contribution >= 4 is 11.8 Å². The van der Waals surface area contributed by atoms with Crippen molar-refractivity contribution < 1.29 is 19.1 Å². The molecule has 2 aromatic carbocycles. The third-order valence-corrected chi connectivity index (χ3v) is 6.46. The summed E-state index contributed by atoms with van der Waals surface area (Å²) in [4.78, 5) is 27.8. The van der Waals surface area contributed by atoms with Gasteiger partial charge in [-0.3, -0.25) is 9.59 Å². The Kier molecular flexibility index (Phi) is 7.33. The van der Waals surface area contributed by atoms with E-state index < -0.39 is 6.10 Å². The summed E-state index contributed by atoms with van der Waals surface area (Å²) in [6.07, 6.45) is 2.78. The van der Waals surface area contributed by atoms with Gasteiger partial charge in [-0.25, -0.2) is 0 Å². The molecule has 2 aliphatic rings. The van der Waals surface area contributed by atoms with Crippen LogP contribution in [0, 0.1) is 12.8 Å². The summed E-state index contributed by atoms with van der Waals surface area (Å²) in [7, 11) is 1.61. The number of benzene rings is 2. The summed E-state index contributed by atoms with van der Waals surface area (Å²) < 4.78 is 11.1. The molecular weight excluding hydrogens is 416 g/mol. The number of amides is 2. The van der Waals surface area contributed by atoms with Crippen molar-refractivity contribution in [3.63, 3.8) is 0 Å². The van der Waals surface area contributed by atoms with Gasteiger partial charge in [-0.2, -0.15) is 0 Å². The number of hydrogen-bond donors (Lipinski definition) is 1. The fourth-order valence-electron chi connectivity index (χ4n) is 4.55. The molecule has 0 bridgehead atoms.